The highest BCUT2D eigenvalue weighted by atomic mass is 16.5. The first kappa shape index (κ1) is 14.2. The Kier molecular flexibility index (Phi) is 5.48. The summed E-state index contributed by atoms with van der Waals surface area (Å²) in [7, 11) is 1.66. The molecule has 1 heterocycles. The topological polar surface area (TPSA) is 53.7 Å². The third-order valence-corrected chi connectivity index (χ3v) is 3.38. The van der Waals surface area contributed by atoms with Gasteiger partial charge in [-0.25, -0.2) is 0 Å². The predicted molar refractivity (Wildman–Crippen MR) is 74.8 cm³/mol. The lowest BCUT2D eigenvalue weighted by molar-refractivity contribution is -0.0116. The molecule has 0 aromatic heterocycles. The molecule has 2 N–H and O–H groups in total. The van der Waals surface area contributed by atoms with Gasteiger partial charge in [-0.3, -0.25) is 0 Å². The molecular weight excluding hydrogens is 242 g/mol. The fraction of sp³-hybridized carbons (Fsp3) is 0.600. The molecule has 2 rings (SSSR count). The quantitative estimate of drug-likeness (QED) is 0.856. The zero-order valence-electron chi connectivity index (χ0n) is 11.6. The molecule has 1 fully saturated rings. The summed E-state index contributed by atoms with van der Waals surface area (Å²) in [5.41, 5.74) is 6.73. The van der Waals surface area contributed by atoms with Gasteiger partial charge in [0.25, 0.3) is 0 Å². The number of rotatable bonds is 6. The molecule has 106 valence electrons. The van der Waals surface area contributed by atoms with Crippen LogP contribution >= 0.6 is 0 Å². The second-order valence-electron chi connectivity index (χ2n) is 4.79. The second kappa shape index (κ2) is 7.36. The van der Waals surface area contributed by atoms with Gasteiger partial charge in [0.1, 0.15) is 6.61 Å². The number of nitrogens with two attached hydrogens (primary N) is 1. The molecule has 0 amide bonds. The van der Waals surface area contributed by atoms with Crippen LogP contribution in [0.4, 0.5) is 0 Å². The van der Waals surface area contributed by atoms with Crippen molar-refractivity contribution in [3.8, 4) is 11.5 Å². The van der Waals surface area contributed by atoms with Crippen molar-refractivity contribution in [1.29, 1.82) is 0 Å². The molecule has 1 aliphatic heterocycles. The van der Waals surface area contributed by atoms with Crippen molar-refractivity contribution >= 4 is 0 Å². The van der Waals surface area contributed by atoms with Gasteiger partial charge in [-0.05, 0) is 43.9 Å². The molecule has 1 unspecified atom stereocenters. The van der Waals surface area contributed by atoms with Crippen molar-refractivity contribution in [2.24, 2.45) is 5.73 Å². The monoisotopic (exact) mass is 265 g/mol. The lowest BCUT2D eigenvalue weighted by Crippen LogP contribution is -2.26. The molecule has 4 nitrogen and oxygen atoms in total. The SMILES string of the molecule is COc1cccc(CCN)c1OCC1CCCCO1. The number of benzene rings is 1. The van der Waals surface area contributed by atoms with Crippen molar-refractivity contribution in [1.82, 2.24) is 0 Å². The number of para-hydroxylation sites is 1. The summed E-state index contributed by atoms with van der Waals surface area (Å²) in [5, 5.41) is 0. The van der Waals surface area contributed by atoms with Crippen molar-refractivity contribution in [2.75, 3.05) is 26.9 Å². The zero-order valence-corrected chi connectivity index (χ0v) is 11.6. The Morgan fingerprint density at radius 1 is 1.37 bits per heavy atom. The van der Waals surface area contributed by atoms with Crippen LogP contribution in [0.5, 0.6) is 11.5 Å². The van der Waals surface area contributed by atoms with Gasteiger partial charge >= 0.3 is 0 Å². The third-order valence-electron chi connectivity index (χ3n) is 3.38. The Morgan fingerprint density at radius 3 is 2.95 bits per heavy atom. The van der Waals surface area contributed by atoms with Crippen molar-refractivity contribution in [3.63, 3.8) is 0 Å². The van der Waals surface area contributed by atoms with Gasteiger partial charge in [0.05, 0.1) is 13.2 Å². The minimum Gasteiger partial charge on any atom is -0.493 e. The summed E-state index contributed by atoms with van der Waals surface area (Å²) in [4.78, 5) is 0. The lowest BCUT2D eigenvalue weighted by atomic mass is 10.1. The summed E-state index contributed by atoms with van der Waals surface area (Å²) in [6.07, 6.45) is 4.43. The highest BCUT2D eigenvalue weighted by Crippen LogP contribution is 2.31. The van der Waals surface area contributed by atoms with Crippen molar-refractivity contribution in [3.05, 3.63) is 23.8 Å². The van der Waals surface area contributed by atoms with E-state index in [9.17, 15) is 0 Å². The molecule has 0 radical (unpaired) electrons. The maximum Gasteiger partial charge on any atom is 0.164 e. The van der Waals surface area contributed by atoms with Gasteiger partial charge in [-0.15, -0.1) is 0 Å². The molecule has 0 spiro atoms. The van der Waals surface area contributed by atoms with Crippen LogP contribution in [0.2, 0.25) is 0 Å². The lowest BCUT2D eigenvalue weighted by Gasteiger charge is -2.24. The number of ether oxygens (including phenoxy) is 3. The van der Waals surface area contributed by atoms with E-state index >= 15 is 0 Å². The summed E-state index contributed by atoms with van der Waals surface area (Å²) >= 11 is 0. The van der Waals surface area contributed by atoms with E-state index in [0.29, 0.717) is 13.2 Å². The van der Waals surface area contributed by atoms with E-state index in [1.54, 1.807) is 7.11 Å². The Labute approximate surface area is 114 Å². The smallest absolute Gasteiger partial charge is 0.164 e. The molecule has 1 saturated heterocycles. The molecule has 19 heavy (non-hydrogen) atoms. The van der Waals surface area contributed by atoms with Gasteiger partial charge in [0.15, 0.2) is 11.5 Å². The van der Waals surface area contributed by atoms with Gasteiger partial charge in [-0.1, -0.05) is 12.1 Å². The van der Waals surface area contributed by atoms with Crippen LogP contribution in [0.25, 0.3) is 0 Å². The fourth-order valence-corrected chi connectivity index (χ4v) is 2.35. The van der Waals surface area contributed by atoms with Gasteiger partial charge in [0.2, 0.25) is 0 Å². The second-order valence-corrected chi connectivity index (χ2v) is 4.79. The van der Waals surface area contributed by atoms with Crippen LogP contribution in [-0.4, -0.2) is 33.0 Å². The summed E-state index contributed by atoms with van der Waals surface area (Å²) < 4.78 is 17.0. The summed E-state index contributed by atoms with van der Waals surface area (Å²) in [6, 6.07) is 5.91. The van der Waals surface area contributed by atoms with E-state index in [0.717, 1.165) is 42.9 Å². The Bertz CT molecular complexity index is 389. The molecule has 1 aromatic carbocycles. The fourth-order valence-electron chi connectivity index (χ4n) is 2.35. The first-order chi connectivity index (χ1) is 9.35. The van der Waals surface area contributed by atoms with E-state index in [-0.39, 0.29) is 6.10 Å². The number of hydrogen-bond acceptors (Lipinski definition) is 4. The number of methoxy groups -OCH3 is 1. The first-order valence-corrected chi connectivity index (χ1v) is 6.95. The molecule has 0 bridgehead atoms. The van der Waals surface area contributed by atoms with Gasteiger partial charge < -0.3 is 19.9 Å². The van der Waals surface area contributed by atoms with Crippen molar-refractivity contribution < 1.29 is 14.2 Å². The van der Waals surface area contributed by atoms with Gasteiger partial charge in [-0.2, -0.15) is 0 Å². The Morgan fingerprint density at radius 2 is 2.26 bits per heavy atom. The highest BCUT2D eigenvalue weighted by Gasteiger charge is 2.17. The molecule has 0 saturated carbocycles. The van der Waals surface area contributed by atoms with E-state index in [4.69, 9.17) is 19.9 Å². The molecule has 1 aromatic rings. The molecular formula is C15H23NO3. The van der Waals surface area contributed by atoms with Crippen molar-refractivity contribution in [2.45, 2.75) is 31.8 Å². The van der Waals surface area contributed by atoms with Crippen LogP contribution in [0.15, 0.2) is 18.2 Å². The summed E-state index contributed by atoms with van der Waals surface area (Å²) in [5.74, 6) is 1.58. The highest BCUT2D eigenvalue weighted by molar-refractivity contribution is 5.46. The van der Waals surface area contributed by atoms with Crippen LogP contribution in [-0.2, 0) is 11.2 Å². The largest absolute Gasteiger partial charge is 0.493 e. The van der Waals surface area contributed by atoms with Gasteiger partial charge in [0, 0.05) is 6.61 Å². The number of hydrogen-bond donors (Lipinski definition) is 1. The normalized spacial score (nSPS) is 19.2. The minimum atomic E-state index is 0.199. The predicted octanol–water partition coefficient (Wildman–Crippen LogP) is 2.14. The van der Waals surface area contributed by atoms with E-state index < -0.39 is 0 Å². The minimum absolute atomic E-state index is 0.199. The maximum atomic E-state index is 5.95. The molecule has 4 heteroatoms. The van der Waals surface area contributed by atoms with Crippen LogP contribution < -0.4 is 15.2 Å². The van der Waals surface area contributed by atoms with E-state index in [2.05, 4.69) is 0 Å². The van der Waals surface area contributed by atoms with Crippen LogP contribution in [0.3, 0.4) is 0 Å². The Balaban J connectivity index is 2.03. The molecule has 1 aliphatic rings. The average Bonchev–Trinajstić information content (AvgIpc) is 2.47. The first-order valence-electron chi connectivity index (χ1n) is 6.95. The van der Waals surface area contributed by atoms with Crippen LogP contribution in [0, 0.1) is 0 Å². The maximum absolute atomic E-state index is 5.95. The zero-order chi connectivity index (χ0) is 13.5. The molecule has 0 aliphatic carbocycles. The average molecular weight is 265 g/mol. The van der Waals surface area contributed by atoms with E-state index in [1.807, 2.05) is 18.2 Å². The third kappa shape index (κ3) is 3.85. The van der Waals surface area contributed by atoms with Crippen LogP contribution in [0.1, 0.15) is 24.8 Å². The standard InChI is InChI=1S/C15H23NO3/c1-17-14-7-4-5-12(8-9-16)15(14)19-11-13-6-2-3-10-18-13/h4-5,7,13H,2-3,6,8-11,16H2,1H3. The molecule has 1 atom stereocenters. The summed E-state index contributed by atoms with van der Waals surface area (Å²) in [6.45, 7) is 2.02. The van der Waals surface area contributed by atoms with E-state index in [1.165, 1.54) is 6.42 Å². The Hall–Kier alpha value is -1.26.